The maximum absolute atomic E-state index is 12.6. The molecular formula is C26H17Cl2N3O4. The van der Waals surface area contributed by atoms with Crippen LogP contribution in [-0.2, 0) is 9.59 Å². The standard InChI is InChI=1S/C26H17Cl2N3O4/c27-20-11-6-12-21(23(20)28)30-24(32)25(33)31-29-15-19-18-10-5-4-7-16(18)13-14-22(19)35-26(34)17-8-2-1-3-9-17/h1-15H,(H,30,32)(H,31,33)/b29-15+. The highest BCUT2D eigenvalue weighted by atomic mass is 35.5. The molecule has 4 rings (SSSR count). The SMILES string of the molecule is O=C(N/N=C/c1c(OC(=O)c2ccccc2)ccc2ccccc12)C(=O)Nc1cccc(Cl)c1Cl. The van der Waals surface area contributed by atoms with E-state index >= 15 is 0 Å². The van der Waals surface area contributed by atoms with Gasteiger partial charge in [0, 0.05) is 5.56 Å². The lowest BCUT2D eigenvalue weighted by atomic mass is 10.0. The smallest absolute Gasteiger partial charge is 0.343 e. The molecule has 0 fully saturated rings. The van der Waals surface area contributed by atoms with Crippen LogP contribution in [0.1, 0.15) is 15.9 Å². The van der Waals surface area contributed by atoms with Gasteiger partial charge in [0.25, 0.3) is 0 Å². The number of ether oxygens (including phenoxy) is 1. The van der Waals surface area contributed by atoms with Gasteiger partial charge in [0.2, 0.25) is 0 Å². The Morgan fingerprint density at radius 2 is 1.54 bits per heavy atom. The molecule has 0 bridgehead atoms. The first-order valence-electron chi connectivity index (χ1n) is 10.3. The lowest BCUT2D eigenvalue weighted by Crippen LogP contribution is -2.32. The molecule has 0 aliphatic carbocycles. The summed E-state index contributed by atoms with van der Waals surface area (Å²) in [5.41, 5.74) is 3.18. The van der Waals surface area contributed by atoms with Crippen molar-refractivity contribution in [2.75, 3.05) is 5.32 Å². The van der Waals surface area contributed by atoms with Crippen LogP contribution in [0, 0.1) is 0 Å². The molecule has 9 heteroatoms. The van der Waals surface area contributed by atoms with E-state index in [9.17, 15) is 14.4 Å². The number of fused-ring (bicyclic) bond motifs is 1. The molecule has 0 radical (unpaired) electrons. The van der Waals surface area contributed by atoms with Crippen molar-refractivity contribution in [3.05, 3.63) is 106 Å². The summed E-state index contributed by atoms with van der Waals surface area (Å²) in [7, 11) is 0. The number of benzene rings is 4. The number of halogens is 2. The Balaban J connectivity index is 1.54. The van der Waals surface area contributed by atoms with E-state index in [1.165, 1.54) is 12.3 Å². The summed E-state index contributed by atoms with van der Waals surface area (Å²) in [4.78, 5) is 37.1. The summed E-state index contributed by atoms with van der Waals surface area (Å²) in [6, 6.07) is 24.0. The predicted octanol–water partition coefficient (Wildman–Crippen LogP) is 5.45. The lowest BCUT2D eigenvalue weighted by molar-refractivity contribution is -0.136. The fourth-order valence-electron chi connectivity index (χ4n) is 3.22. The minimum Gasteiger partial charge on any atom is -0.422 e. The van der Waals surface area contributed by atoms with E-state index < -0.39 is 17.8 Å². The summed E-state index contributed by atoms with van der Waals surface area (Å²) >= 11 is 12.0. The first-order chi connectivity index (χ1) is 16.9. The maximum Gasteiger partial charge on any atom is 0.343 e. The number of carbonyl (C=O) groups is 3. The zero-order valence-electron chi connectivity index (χ0n) is 18.0. The first-order valence-corrected chi connectivity index (χ1v) is 11.1. The van der Waals surface area contributed by atoms with Crippen molar-refractivity contribution in [3.63, 3.8) is 0 Å². The van der Waals surface area contributed by atoms with Gasteiger partial charge >= 0.3 is 17.8 Å². The molecule has 2 amide bonds. The summed E-state index contributed by atoms with van der Waals surface area (Å²) in [5.74, 6) is -2.32. The molecule has 4 aromatic carbocycles. The van der Waals surface area contributed by atoms with Gasteiger partial charge in [-0.25, -0.2) is 10.2 Å². The molecule has 35 heavy (non-hydrogen) atoms. The third-order valence-electron chi connectivity index (χ3n) is 4.91. The van der Waals surface area contributed by atoms with Crippen LogP contribution in [0.15, 0.2) is 90.0 Å². The number of anilines is 1. The fraction of sp³-hybridized carbons (Fsp3) is 0. The lowest BCUT2D eigenvalue weighted by Gasteiger charge is -2.10. The van der Waals surface area contributed by atoms with Crippen LogP contribution >= 0.6 is 23.2 Å². The minimum absolute atomic E-state index is 0.111. The summed E-state index contributed by atoms with van der Waals surface area (Å²) in [6.45, 7) is 0. The Kier molecular flexibility index (Phi) is 7.40. The van der Waals surface area contributed by atoms with Gasteiger partial charge in [-0.2, -0.15) is 5.10 Å². The van der Waals surface area contributed by atoms with E-state index in [-0.39, 0.29) is 21.5 Å². The first kappa shape index (κ1) is 23.9. The normalized spacial score (nSPS) is 10.8. The van der Waals surface area contributed by atoms with Gasteiger partial charge in [-0.1, -0.05) is 77.8 Å². The highest BCUT2D eigenvalue weighted by molar-refractivity contribution is 6.45. The van der Waals surface area contributed by atoms with E-state index in [0.29, 0.717) is 11.1 Å². The molecule has 0 unspecified atom stereocenters. The molecule has 2 N–H and O–H groups in total. The number of hydrogen-bond donors (Lipinski definition) is 2. The highest BCUT2D eigenvalue weighted by Crippen LogP contribution is 2.29. The molecule has 4 aromatic rings. The van der Waals surface area contributed by atoms with Crippen molar-refractivity contribution in [3.8, 4) is 5.75 Å². The molecule has 0 spiro atoms. The number of rotatable bonds is 5. The summed E-state index contributed by atoms with van der Waals surface area (Å²) < 4.78 is 5.60. The summed E-state index contributed by atoms with van der Waals surface area (Å²) in [6.07, 6.45) is 1.31. The molecule has 0 atom stereocenters. The van der Waals surface area contributed by atoms with Crippen molar-refractivity contribution in [1.29, 1.82) is 0 Å². The molecule has 0 aromatic heterocycles. The van der Waals surface area contributed by atoms with Crippen molar-refractivity contribution in [2.24, 2.45) is 5.10 Å². The van der Waals surface area contributed by atoms with Crippen LogP contribution in [0.3, 0.4) is 0 Å². The third-order valence-corrected chi connectivity index (χ3v) is 5.73. The zero-order valence-corrected chi connectivity index (χ0v) is 19.5. The third kappa shape index (κ3) is 5.66. The van der Waals surface area contributed by atoms with Crippen LogP contribution < -0.4 is 15.5 Å². The van der Waals surface area contributed by atoms with Crippen molar-refractivity contribution in [2.45, 2.75) is 0 Å². The number of hydrogen-bond acceptors (Lipinski definition) is 5. The number of amides is 2. The highest BCUT2D eigenvalue weighted by Gasteiger charge is 2.16. The molecule has 0 saturated carbocycles. The van der Waals surface area contributed by atoms with E-state index in [0.717, 1.165) is 10.8 Å². The van der Waals surface area contributed by atoms with Gasteiger partial charge in [0.1, 0.15) is 5.75 Å². The molecule has 0 aliphatic heterocycles. The second kappa shape index (κ2) is 10.8. The monoisotopic (exact) mass is 505 g/mol. The van der Waals surface area contributed by atoms with Gasteiger partial charge in [-0.05, 0) is 41.1 Å². The van der Waals surface area contributed by atoms with Crippen LogP contribution in [0.2, 0.25) is 10.0 Å². The number of nitrogens with zero attached hydrogens (tertiary/aromatic N) is 1. The zero-order chi connectivity index (χ0) is 24.8. The maximum atomic E-state index is 12.6. The second-order valence-corrected chi connectivity index (χ2v) is 7.99. The van der Waals surface area contributed by atoms with Crippen LogP contribution in [-0.4, -0.2) is 24.0 Å². The van der Waals surface area contributed by atoms with Gasteiger partial charge in [0.15, 0.2) is 0 Å². The average molecular weight is 506 g/mol. The molecule has 174 valence electrons. The van der Waals surface area contributed by atoms with Gasteiger partial charge < -0.3 is 10.1 Å². The molecule has 0 aliphatic rings. The average Bonchev–Trinajstić information content (AvgIpc) is 2.88. The minimum atomic E-state index is -1.03. The summed E-state index contributed by atoms with van der Waals surface area (Å²) in [5, 5.41) is 8.22. The molecular weight excluding hydrogens is 489 g/mol. The van der Waals surface area contributed by atoms with Crippen molar-refractivity contribution >= 4 is 63.7 Å². The number of nitrogens with one attached hydrogen (secondary N) is 2. The van der Waals surface area contributed by atoms with Crippen molar-refractivity contribution < 1.29 is 19.1 Å². The fourth-order valence-corrected chi connectivity index (χ4v) is 3.56. The second-order valence-electron chi connectivity index (χ2n) is 7.21. The van der Waals surface area contributed by atoms with Gasteiger partial charge in [-0.3, -0.25) is 9.59 Å². The van der Waals surface area contributed by atoms with E-state index in [1.807, 2.05) is 24.3 Å². The number of esters is 1. The quantitative estimate of drug-likeness (QED) is 0.124. The number of carbonyl (C=O) groups excluding carboxylic acids is 3. The van der Waals surface area contributed by atoms with Crippen LogP contribution in [0.25, 0.3) is 10.8 Å². The van der Waals surface area contributed by atoms with Crippen molar-refractivity contribution in [1.82, 2.24) is 5.43 Å². The molecule has 0 saturated heterocycles. The Morgan fingerprint density at radius 1 is 0.800 bits per heavy atom. The Labute approximate surface area is 210 Å². The number of hydrazone groups is 1. The molecule has 7 nitrogen and oxygen atoms in total. The Morgan fingerprint density at radius 3 is 2.34 bits per heavy atom. The topological polar surface area (TPSA) is 96.9 Å². The Hall–Kier alpha value is -4.20. The van der Waals surface area contributed by atoms with Crippen LogP contribution in [0.4, 0.5) is 5.69 Å². The van der Waals surface area contributed by atoms with Gasteiger partial charge in [0.05, 0.1) is 27.5 Å². The van der Waals surface area contributed by atoms with Crippen LogP contribution in [0.5, 0.6) is 5.75 Å². The molecule has 0 heterocycles. The predicted molar refractivity (Wildman–Crippen MR) is 136 cm³/mol. The Bertz CT molecular complexity index is 1460. The van der Waals surface area contributed by atoms with E-state index in [1.54, 1.807) is 54.6 Å². The van der Waals surface area contributed by atoms with E-state index in [4.69, 9.17) is 27.9 Å². The largest absolute Gasteiger partial charge is 0.422 e. The van der Waals surface area contributed by atoms with Gasteiger partial charge in [-0.15, -0.1) is 0 Å². The van der Waals surface area contributed by atoms with E-state index in [2.05, 4.69) is 15.8 Å².